The monoisotopic (exact) mass is 690 g/mol. The molecule has 0 saturated heterocycles. The number of hydrogen-bond donors (Lipinski definition) is 0. The first kappa shape index (κ1) is 31.3. The van der Waals surface area contributed by atoms with E-state index >= 15 is 0 Å². The number of hydrogen-bond acceptors (Lipinski definition) is 6. The number of aromatic nitrogens is 6. The zero-order valence-electron chi connectivity index (χ0n) is 29.0. The standard InChI is InChI=1S/C48H30N6/c1-7-19-31(20-8-1)37-38(32-21-9-2-10-22-32)50-44-43(49-37)45-47(53-40(34-25-13-4-14-26-34)39(51-45)33-23-11-3-12-24-33)48-46(44)52-41(35-27-15-5-16-28-35)42(54-48)36-29-17-6-18-30-36/h1-30H. The second-order valence-corrected chi connectivity index (χ2v) is 13.1. The van der Waals surface area contributed by atoms with Gasteiger partial charge >= 0.3 is 0 Å². The van der Waals surface area contributed by atoms with Crippen LogP contribution in [0.4, 0.5) is 0 Å². The highest BCUT2D eigenvalue weighted by atomic mass is 14.9. The van der Waals surface area contributed by atoms with Gasteiger partial charge in [-0.1, -0.05) is 182 Å². The highest BCUT2D eigenvalue weighted by Crippen LogP contribution is 2.41. The summed E-state index contributed by atoms with van der Waals surface area (Å²) in [4.78, 5) is 32.9. The zero-order chi connectivity index (χ0) is 35.8. The molecule has 0 N–H and O–H groups in total. The smallest absolute Gasteiger partial charge is 0.120 e. The molecule has 0 atom stereocenters. The average molecular weight is 691 g/mol. The minimum Gasteiger partial charge on any atom is -0.241 e. The number of rotatable bonds is 6. The summed E-state index contributed by atoms with van der Waals surface area (Å²) in [5.41, 5.74) is 13.9. The highest BCUT2D eigenvalue weighted by Gasteiger charge is 2.25. The third kappa shape index (κ3) is 5.45. The molecule has 0 aliphatic heterocycles. The van der Waals surface area contributed by atoms with Crippen LogP contribution in [0.15, 0.2) is 182 Å². The van der Waals surface area contributed by atoms with Gasteiger partial charge in [-0.15, -0.1) is 0 Å². The molecule has 0 radical (unpaired) electrons. The number of nitrogens with zero attached hydrogens (tertiary/aromatic N) is 6. The van der Waals surface area contributed by atoms with Crippen molar-refractivity contribution in [3.63, 3.8) is 0 Å². The van der Waals surface area contributed by atoms with Crippen LogP contribution in [0.2, 0.25) is 0 Å². The van der Waals surface area contributed by atoms with Gasteiger partial charge in [-0.05, 0) is 0 Å². The molecule has 0 saturated carbocycles. The van der Waals surface area contributed by atoms with Crippen LogP contribution in [0.3, 0.4) is 0 Å². The lowest BCUT2D eigenvalue weighted by Crippen LogP contribution is -2.04. The first-order valence-corrected chi connectivity index (χ1v) is 17.9. The first-order valence-electron chi connectivity index (χ1n) is 17.9. The molecule has 0 aliphatic rings. The fraction of sp³-hybridized carbons (Fsp3) is 0. The molecule has 3 aromatic heterocycles. The van der Waals surface area contributed by atoms with Crippen LogP contribution in [0, 0.1) is 0 Å². The Hall–Kier alpha value is -7.44. The Balaban J connectivity index is 1.42. The molecule has 0 fully saturated rings. The normalized spacial score (nSPS) is 11.3. The maximum absolute atomic E-state index is 5.49. The molecule has 10 aromatic rings. The molecule has 0 aliphatic carbocycles. The Morgan fingerprint density at radius 1 is 0.167 bits per heavy atom. The van der Waals surface area contributed by atoms with Gasteiger partial charge in [0.1, 0.15) is 33.1 Å². The Morgan fingerprint density at radius 3 is 0.426 bits per heavy atom. The van der Waals surface area contributed by atoms with E-state index in [4.69, 9.17) is 29.9 Å². The molecule has 10 rings (SSSR count). The summed E-state index contributed by atoms with van der Waals surface area (Å²) in [7, 11) is 0. The van der Waals surface area contributed by atoms with E-state index in [1.807, 2.05) is 109 Å². The predicted octanol–water partition coefficient (Wildman–Crippen LogP) is 11.5. The summed E-state index contributed by atoms with van der Waals surface area (Å²) in [6, 6.07) is 61.2. The number of benzene rings is 7. The van der Waals surface area contributed by atoms with E-state index in [-0.39, 0.29) is 0 Å². The van der Waals surface area contributed by atoms with Crippen molar-refractivity contribution in [2.75, 3.05) is 0 Å². The van der Waals surface area contributed by atoms with Gasteiger partial charge in [0.05, 0.1) is 34.2 Å². The van der Waals surface area contributed by atoms with Crippen molar-refractivity contribution in [3.05, 3.63) is 182 Å². The molecule has 0 amide bonds. The van der Waals surface area contributed by atoms with E-state index in [2.05, 4.69) is 72.8 Å². The molecule has 0 unspecified atom stereocenters. The van der Waals surface area contributed by atoms with Crippen LogP contribution in [0.25, 0.3) is 101 Å². The summed E-state index contributed by atoms with van der Waals surface area (Å²) >= 11 is 0. The molecule has 6 nitrogen and oxygen atoms in total. The zero-order valence-corrected chi connectivity index (χ0v) is 29.0. The highest BCUT2D eigenvalue weighted by molar-refractivity contribution is 6.20. The van der Waals surface area contributed by atoms with Crippen LogP contribution in [-0.4, -0.2) is 29.9 Å². The molecule has 0 bridgehead atoms. The van der Waals surface area contributed by atoms with Gasteiger partial charge < -0.3 is 0 Å². The summed E-state index contributed by atoms with van der Waals surface area (Å²) in [5.74, 6) is 0. The minimum absolute atomic E-state index is 0.612. The molecule has 3 heterocycles. The van der Waals surface area contributed by atoms with E-state index in [0.29, 0.717) is 33.1 Å². The van der Waals surface area contributed by atoms with Crippen molar-refractivity contribution < 1.29 is 0 Å². The van der Waals surface area contributed by atoms with E-state index in [1.165, 1.54) is 0 Å². The van der Waals surface area contributed by atoms with Crippen molar-refractivity contribution in [1.29, 1.82) is 0 Å². The van der Waals surface area contributed by atoms with Crippen molar-refractivity contribution in [3.8, 4) is 67.5 Å². The van der Waals surface area contributed by atoms with Crippen LogP contribution >= 0.6 is 0 Å². The third-order valence-corrected chi connectivity index (χ3v) is 9.64. The van der Waals surface area contributed by atoms with Gasteiger partial charge in [-0.3, -0.25) is 0 Å². The van der Waals surface area contributed by atoms with Crippen molar-refractivity contribution in [2.45, 2.75) is 0 Å². The summed E-state index contributed by atoms with van der Waals surface area (Å²) in [6.45, 7) is 0. The van der Waals surface area contributed by atoms with Gasteiger partial charge in [-0.2, -0.15) is 0 Å². The Bertz CT molecular complexity index is 2380. The van der Waals surface area contributed by atoms with Gasteiger partial charge in [0.25, 0.3) is 0 Å². The largest absolute Gasteiger partial charge is 0.241 e. The topological polar surface area (TPSA) is 77.3 Å². The lowest BCUT2D eigenvalue weighted by molar-refractivity contribution is 1.24. The van der Waals surface area contributed by atoms with Crippen LogP contribution < -0.4 is 0 Å². The average Bonchev–Trinajstić information content (AvgIpc) is 3.27. The minimum atomic E-state index is 0.612. The second kappa shape index (κ2) is 13.3. The Morgan fingerprint density at radius 2 is 0.296 bits per heavy atom. The summed E-state index contributed by atoms with van der Waals surface area (Å²) in [6.07, 6.45) is 0. The quantitative estimate of drug-likeness (QED) is 0.162. The number of fused-ring (bicyclic) bond motifs is 6. The molecular formula is C48H30N6. The van der Waals surface area contributed by atoms with Crippen LogP contribution in [-0.2, 0) is 0 Å². The van der Waals surface area contributed by atoms with Crippen LogP contribution in [0.5, 0.6) is 0 Å². The summed E-state index contributed by atoms with van der Waals surface area (Å²) < 4.78 is 0. The van der Waals surface area contributed by atoms with E-state index < -0.39 is 0 Å². The summed E-state index contributed by atoms with van der Waals surface area (Å²) in [5, 5.41) is 0. The van der Waals surface area contributed by atoms with Gasteiger partial charge in [0, 0.05) is 33.4 Å². The molecule has 6 heteroatoms. The molecule has 0 spiro atoms. The fourth-order valence-corrected chi connectivity index (χ4v) is 7.08. The lowest BCUT2D eigenvalue weighted by Gasteiger charge is -2.17. The van der Waals surface area contributed by atoms with Crippen molar-refractivity contribution >= 4 is 33.1 Å². The molecule has 252 valence electrons. The Labute approximate surface area is 311 Å². The van der Waals surface area contributed by atoms with Crippen molar-refractivity contribution in [2.24, 2.45) is 0 Å². The van der Waals surface area contributed by atoms with Crippen molar-refractivity contribution in [1.82, 2.24) is 29.9 Å². The first-order chi connectivity index (χ1) is 26.8. The molecule has 54 heavy (non-hydrogen) atoms. The lowest BCUT2D eigenvalue weighted by atomic mass is 10.0. The Kier molecular flexibility index (Phi) is 7.69. The van der Waals surface area contributed by atoms with E-state index in [1.54, 1.807) is 0 Å². The van der Waals surface area contributed by atoms with Gasteiger partial charge in [0.2, 0.25) is 0 Å². The predicted molar refractivity (Wildman–Crippen MR) is 218 cm³/mol. The second-order valence-electron chi connectivity index (χ2n) is 13.1. The van der Waals surface area contributed by atoms with E-state index in [9.17, 15) is 0 Å². The maximum Gasteiger partial charge on any atom is 0.120 e. The van der Waals surface area contributed by atoms with Gasteiger partial charge in [0.15, 0.2) is 0 Å². The SMILES string of the molecule is c1ccc(-c2nc3c4nc(-c5ccccc5)c(-c5ccccc5)nc4c4nc(-c5ccccc5)c(-c5ccccc5)nc4c3nc2-c2ccccc2)cc1. The van der Waals surface area contributed by atoms with Crippen LogP contribution in [0.1, 0.15) is 0 Å². The molecular weight excluding hydrogens is 661 g/mol. The third-order valence-electron chi connectivity index (χ3n) is 9.64. The fourth-order valence-electron chi connectivity index (χ4n) is 7.08. The van der Waals surface area contributed by atoms with E-state index in [0.717, 1.165) is 67.5 Å². The van der Waals surface area contributed by atoms with Gasteiger partial charge in [-0.25, -0.2) is 29.9 Å². The molecule has 7 aromatic carbocycles. The maximum atomic E-state index is 5.49.